The summed E-state index contributed by atoms with van der Waals surface area (Å²) in [5.74, 6) is 0.485. The molecule has 0 N–H and O–H groups in total. The van der Waals surface area contributed by atoms with Gasteiger partial charge in [0.15, 0.2) is 0 Å². The molecule has 0 aromatic carbocycles. The minimum atomic E-state index is 0.189. The highest BCUT2D eigenvalue weighted by molar-refractivity contribution is 5.83. The lowest BCUT2D eigenvalue weighted by Crippen LogP contribution is -2.05. The second-order valence-electron chi connectivity index (χ2n) is 3.04. The molecule has 0 aromatic rings. The van der Waals surface area contributed by atoms with Gasteiger partial charge in [0.25, 0.3) is 0 Å². The Balaban J connectivity index is 3.69. The van der Waals surface area contributed by atoms with Gasteiger partial charge in [-0.3, -0.25) is 0 Å². The van der Waals surface area contributed by atoms with Gasteiger partial charge < -0.3 is 4.84 Å². The van der Waals surface area contributed by atoms with Crippen molar-refractivity contribution in [3.05, 3.63) is 0 Å². The van der Waals surface area contributed by atoms with E-state index in [9.17, 15) is 0 Å². The number of hydrogen-bond acceptors (Lipinski definition) is 2. The van der Waals surface area contributed by atoms with Gasteiger partial charge in [0, 0.05) is 0 Å². The summed E-state index contributed by atoms with van der Waals surface area (Å²) in [4.78, 5) is 5.05. The van der Waals surface area contributed by atoms with E-state index in [2.05, 4.69) is 19.0 Å². The Morgan fingerprint density at radius 2 is 1.70 bits per heavy atom. The van der Waals surface area contributed by atoms with E-state index in [0.29, 0.717) is 5.92 Å². The molecule has 2 heteroatoms. The van der Waals surface area contributed by atoms with E-state index in [-0.39, 0.29) is 6.10 Å². The van der Waals surface area contributed by atoms with Crippen LogP contribution in [0.4, 0.5) is 0 Å². The zero-order valence-electron chi connectivity index (χ0n) is 7.51. The quantitative estimate of drug-likeness (QED) is 0.439. The summed E-state index contributed by atoms with van der Waals surface area (Å²) >= 11 is 0. The van der Waals surface area contributed by atoms with Gasteiger partial charge >= 0.3 is 0 Å². The summed E-state index contributed by atoms with van der Waals surface area (Å²) in [6, 6.07) is 0. The Labute approximate surface area is 63.3 Å². The van der Waals surface area contributed by atoms with Crippen molar-refractivity contribution < 1.29 is 4.84 Å². The van der Waals surface area contributed by atoms with Gasteiger partial charge in [-0.25, -0.2) is 0 Å². The molecular formula is C8H17NO. The Bertz CT molecular complexity index is 116. The van der Waals surface area contributed by atoms with Crippen LogP contribution < -0.4 is 0 Å². The SMILES string of the molecule is C/C(=N/OC(C)C)C(C)C. The molecule has 10 heavy (non-hydrogen) atoms. The molecule has 0 radical (unpaired) electrons. The van der Waals surface area contributed by atoms with Crippen LogP contribution >= 0.6 is 0 Å². The van der Waals surface area contributed by atoms with E-state index >= 15 is 0 Å². The maximum absolute atomic E-state index is 5.05. The molecular weight excluding hydrogens is 126 g/mol. The second-order valence-corrected chi connectivity index (χ2v) is 3.04. The maximum atomic E-state index is 5.05. The minimum absolute atomic E-state index is 0.189. The fourth-order valence-electron chi connectivity index (χ4n) is 0.294. The molecule has 0 bridgehead atoms. The number of oxime groups is 1. The molecule has 0 rings (SSSR count). The highest BCUT2D eigenvalue weighted by atomic mass is 16.6. The average Bonchev–Trinajstić information content (AvgIpc) is 1.82. The molecule has 60 valence electrons. The van der Waals surface area contributed by atoms with Gasteiger partial charge in [-0.1, -0.05) is 19.0 Å². The van der Waals surface area contributed by atoms with Crippen molar-refractivity contribution in [2.75, 3.05) is 0 Å². The molecule has 0 amide bonds. The van der Waals surface area contributed by atoms with Gasteiger partial charge in [-0.2, -0.15) is 0 Å². The van der Waals surface area contributed by atoms with Gasteiger partial charge in [-0.15, -0.1) is 0 Å². The van der Waals surface area contributed by atoms with Crippen molar-refractivity contribution in [2.45, 2.75) is 40.7 Å². The summed E-state index contributed by atoms with van der Waals surface area (Å²) < 4.78 is 0. The van der Waals surface area contributed by atoms with Crippen molar-refractivity contribution in [1.29, 1.82) is 0 Å². The fraction of sp³-hybridized carbons (Fsp3) is 0.875. The highest BCUT2D eigenvalue weighted by Crippen LogP contribution is 1.98. The first kappa shape index (κ1) is 9.47. The van der Waals surface area contributed by atoms with Crippen LogP contribution in [0, 0.1) is 5.92 Å². The van der Waals surface area contributed by atoms with Crippen molar-refractivity contribution in [3.63, 3.8) is 0 Å². The highest BCUT2D eigenvalue weighted by Gasteiger charge is 1.98. The number of nitrogens with zero attached hydrogens (tertiary/aromatic N) is 1. The van der Waals surface area contributed by atoms with Crippen LogP contribution in [-0.4, -0.2) is 11.8 Å². The van der Waals surface area contributed by atoms with Crippen LogP contribution in [0.1, 0.15) is 34.6 Å². The van der Waals surface area contributed by atoms with Crippen LogP contribution in [0.3, 0.4) is 0 Å². The Kier molecular flexibility index (Phi) is 4.08. The zero-order valence-corrected chi connectivity index (χ0v) is 7.51. The van der Waals surface area contributed by atoms with E-state index in [1.54, 1.807) is 0 Å². The smallest absolute Gasteiger partial charge is 0.122 e. The molecule has 0 aliphatic carbocycles. The van der Waals surface area contributed by atoms with Crippen molar-refractivity contribution >= 4 is 5.71 Å². The van der Waals surface area contributed by atoms with E-state index in [4.69, 9.17) is 4.84 Å². The molecule has 0 fully saturated rings. The van der Waals surface area contributed by atoms with E-state index in [1.807, 2.05) is 20.8 Å². The number of rotatable bonds is 3. The maximum Gasteiger partial charge on any atom is 0.122 e. The van der Waals surface area contributed by atoms with Gasteiger partial charge in [0.2, 0.25) is 0 Å². The first-order valence-electron chi connectivity index (χ1n) is 3.74. The number of hydrogen-bond donors (Lipinski definition) is 0. The Hall–Kier alpha value is -0.530. The van der Waals surface area contributed by atoms with Gasteiger partial charge in [0.05, 0.1) is 5.71 Å². The third-order valence-electron chi connectivity index (χ3n) is 1.24. The van der Waals surface area contributed by atoms with Gasteiger partial charge in [0.1, 0.15) is 6.10 Å². The topological polar surface area (TPSA) is 21.6 Å². The molecule has 0 saturated heterocycles. The van der Waals surface area contributed by atoms with Crippen molar-refractivity contribution in [2.24, 2.45) is 11.1 Å². The van der Waals surface area contributed by atoms with Crippen molar-refractivity contribution in [1.82, 2.24) is 0 Å². The normalized spacial score (nSPS) is 12.9. The van der Waals surface area contributed by atoms with Gasteiger partial charge in [-0.05, 0) is 26.7 Å². The third kappa shape index (κ3) is 4.36. The third-order valence-corrected chi connectivity index (χ3v) is 1.24. The van der Waals surface area contributed by atoms with E-state index in [0.717, 1.165) is 5.71 Å². The average molecular weight is 143 g/mol. The summed E-state index contributed by atoms with van der Waals surface area (Å²) in [6.07, 6.45) is 0.189. The molecule has 0 aliphatic heterocycles. The zero-order chi connectivity index (χ0) is 8.15. The molecule has 0 heterocycles. The van der Waals surface area contributed by atoms with Crippen LogP contribution in [0.25, 0.3) is 0 Å². The largest absolute Gasteiger partial charge is 0.393 e. The first-order chi connectivity index (χ1) is 4.54. The predicted molar refractivity (Wildman–Crippen MR) is 44.2 cm³/mol. The monoisotopic (exact) mass is 143 g/mol. The van der Waals surface area contributed by atoms with Crippen molar-refractivity contribution in [3.8, 4) is 0 Å². The summed E-state index contributed by atoms with van der Waals surface area (Å²) in [5.41, 5.74) is 1.05. The van der Waals surface area contributed by atoms with E-state index in [1.165, 1.54) is 0 Å². The van der Waals surface area contributed by atoms with Crippen LogP contribution in [0.15, 0.2) is 5.16 Å². The molecule has 0 aliphatic rings. The van der Waals surface area contributed by atoms with Crippen LogP contribution in [-0.2, 0) is 4.84 Å². The summed E-state index contributed by atoms with van der Waals surface area (Å²) in [5, 5.41) is 3.94. The lowest BCUT2D eigenvalue weighted by molar-refractivity contribution is 0.0847. The molecule has 0 atom stereocenters. The standard InChI is InChI=1S/C8H17NO/c1-6(2)8(5)9-10-7(3)4/h6-7H,1-5H3/b9-8-. The lowest BCUT2D eigenvalue weighted by atomic mass is 10.1. The lowest BCUT2D eigenvalue weighted by Gasteiger charge is -2.05. The first-order valence-corrected chi connectivity index (χ1v) is 3.74. The predicted octanol–water partition coefficient (Wildman–Crippen LogP) is 2.44. The van der Waals surface area contributed by atoms with E-state index < -0.39 is 0 Å². The minimum Gasteiger partial charge on any atom is -0.393 e. The summed E-state index contributed by atoms with van der Waals surface area (Å²) in [7, 11) is 0. The Morgan fingerprint density at radius 1 is 1.20 bits per heavy atom. The second kappa shape index (κ2) is 4.31. The molecule has 0 saturated carbocycles. The van der Waals surface area contributed by atoms with Crippen LogP contribution in [0.5, 0.6) is 0 Å². The summed E-state index contributed by atoms with van der Waals surface area (Å²) in [6.45, 7) is 10.1. The molecule has 0 unspecified atom stereocenters. The Morgan fingerprint density at radius 3 is 2.00 bits per heavy atom. The van der Waals surface area contributed by atoms with Crippen LogP contribution in [0.2, 0.25) is 0 Å². The fourth-order valence-corrected chi connectivity index (χ4v) is 0.294. The molecule has 2 nitrogen and oxygen atoms in total. The molecule has 0 spiro atoms. The molecule has 0 aromatic heterocycles.